The SMILES string of the molecule is O=C(CCCOc1ccc(Cl)cc1Cl)OCc1ccc(Cl)nc1. The van der Waals surface area contributed by atoms with Gasteiger partial charge in [0.25, 0.3) is 0 Å². The van der Waals surface area contributed by atoms with Crippen LogP contribution in [0.2, 0.25) is 15.2 Å². The number of aromatic nitrogens is 1. The summed E-state index contributed by atoms with van der Waals surface area (Å²) >= 11 is 17.5. The molecule has 1 heterocycles. The van der Waals surface area contributed by atoms with Crippen LogP contribution in [0.5, 0.6) is 5.75 Å². The van der Waals surface area contributed by atoms with Crippen LogP contribution in [0.4, 0.5) is 0 Å². The Kier molecular flexibility index (Phi) is 6.96. The van der Waals surface area contributed by atoms with E-state index in [4.69, 9.17) is 44.3 Å². The van der Waals surface area contributed by atoms with Gasteiger partial charge in [0, 0.05) is 23.2 Å². The van der Waals surface area contributed by atoms with E-state index in [0.717, 1.165) is 5.56 Å². The zero-order chi connectivity index (χ0) is 16.7. The van der Waals surface area contributed by atoms with Crippen LogP contribution in [-0.2, 0) is 16.1 Å². The number of carbonyl (C=O) groups is 1. The molecule has 0 atom stereocenters. The Morgan fingerprint density at radius 2 is 1.96 bits per heavy atom. The van der Waals surface area contributed by atoms with Gasteiger partial charge in [-0.2, -0.15) is 0 Å². The highest BCUT2D eigenvalue weighted by molar-refractivity contribution is 6.35. The lowest BCUT2D eigenvalue weighted by Gasteiger charge is -2.08. The van der Waals surface area contributed by atoms with Crippen LogP contribution >= 0.6 is 34.8 Å². The van der Waals surface area contributed by atoms with Crippen LogP contribution in [0.3, 0.4) is 0 Å². The molecule has 7 heteroatoms. The van der Waals surface area contributed by atoms with Crippen LogP contribution < -0.4 is 4.74 Å². The summed E-state index contributed by atoms with van der Waals surface area (Å²) in [4.78, 5) is 15.6. The van der Waals surface area contributed by atoms with E-state index in [1.807, 2.05) is 0 Å². The number of esters is 1. The summed E-state index contributed by atoms with van der Waals surface area (Å²) in [7, 11) is 0. The maximum Gasteiger partial charge on any atom is 0.306 e. The van der Waals surface area contributed by atoms with Crippen molar-refractivity contribution >= 4 is 40.8 Å². The van der Waals surface area contributed by atoms with Crippen molar-refractivity contribution in [1.29, 1.82) is 0 Å². The number of benzene rings is 1. The average molecular weight is 375 g/mol. The fourth-order valence-corrected chi connectivity index (χ4v) is 2.29. The van der Waals surface area contributed by atoms with Gasteiger partial charge in [-0.15, -0.1) is 0 Å². The van der Waals surface area contributed by atoms with Crippen molar-refractivity contribution in [3.05, 3.63) is 57.3 Å². The molecule has 0 aliphatic heterocycles. The summed E-state index contributed by atoms with van der Waals surface area (Å²) in [5.74, 6) is 0.238. The molecule has 2 aromatic rings. The number of ether oxygens (including phenoxy) is 2. The van der Waals surface area contributed by atoms with Gasteiger partial charge in [0.15, 0.2) is 0 Å². The van der Waals surface area contributed by atoms with E-state index >= 15 is 0 Å². The van der Waals surface area contributed by atoms with Gasteiger partial charge in [-0.1, -0.05) is 40.9 Å². The fraction of sp³-hybridized carbons (Fsp3) is 0.250. The van der Waals surface area contributed by atoms with Crippen LogP contribution in [-0.4, -0.2) is 17.6 Å². The molecule has 0 saturated carbocycles. The Hall–Kier alpha value is -1.49. The number of halogens is 3. The zero-order valence-electron chi connectivity index (χ0n) is 12.1. The van der Waals surface area contributed by atoms with E-state index < -0.39 is 0 Å². The second-order valence-electron chi connectivity index (χ2n) is 4.68. The molecule has 2 rings (SSSR count). The van der Waals surface area contributed by atoms with Crippen molar-refractivity contribution in [1.82, 2.24) is 4.98 Å². The highest BCUT2D eigenvalue weighted by atomic mass is 35.5. The molecule has 0 saturated heterocycles. The van der Waals surface area contributed by atoms with Crippen LogP contribution in [0.1, 0.15) is 18.4 Å². The van der Waals surface area contributed by atoms with E-state index in [0.29, 0.717) is 34.0 Å². The Morgan fingerprint density at radius 3 is 2.65 bits per heavy atom. The average Bonchev–Trinajstić information content (AvgIpc) is 2.52. The molecular weight excluding hydrogens is 361 g/mol. The Bertz CT molecular complexity index is 662. The molecule has 4 nitrogen and oxygen atoms in total. The van der Waals surface area contributed by atoms with Crippen LogP contribution in [0.15, 0.2) is 36.5 Å². The maximum atomic E-state index is 11.6. The van der Waals surface area contributed by atoms with Crippen molar-refractivity contribution in [3.63, 3.8) is 0 Å². The van der Waals surface area contributed by atoms with Crippen LogP contribution in [0.25, 0.3) is 0 Å². The molecule has 1 aromatic heterocycles. The fourth-order valence-electron chi connectivity index (χ4n) is 1.72. The van der Waals surface area contributed by atoms with Crippen molar-refractivity contribution in [2.45, 2.75) is 19.4 Å². The first-order valence-corrected chi connectivity index (χ1v) is 8.02. The summed E-state index contributed by atoms with van der Waals surface area (Å²) in [6.07, 6.45) is 2.35. The third-order valence-electron chi connectivity index (χ3n) is 2.87. The predicted molar refractivity (Wildman–Crippen MR) is 90.2 cm³/mol. The topological polar surface area (TPSA) is 48.4 Å². The van der Waals surface area contributed by atoms with E-state index in [9.17, 15) is 4.79 Å². The summed E-state index contributed by atoms with van der Waals surface area (Å²) in [6, 6.07) is 8.39. The number of hydrogen-bond acceptors (Lipinski definition) is 4. The van der Waals surface area contributed by atoms with Gasteiger partial charge in [-0.25, -0.2) is 4.98 Å². The largest absolute Gasteiger partial charge is 0.492 e. The van der Waals surface area contributed by atoms with E-state index in [-0.39, 0.29) is 19.0 Å². The quantitative estimate of drug-likeness (QED) is 0.391. The van der Waals surface area contributed by atoms with Gasteiger partial charge in [0.2, 0.25) is 0 Å². The molecule has 0 N–H and O–H groups in total. The monoisotopic (exact) mass is 373 g/mol. The van der Waals surface area contributed by atoms with Gasteiger partial charge < -0.3 is 9.47 Å². The molecule has 122 valence electrons. The molecule has 0 fully saturated rings. The Labute approximate surface area is 149 Å². The van der Waals surface area contributed by atoms with Crippen molar-refractivity contribution in [2.24, 2.45) is 0 Å². The molecule has 1 aromatic carbocycles. The lowest BCUT2D eigenvalue weighted by molar-refractivity contribution is -0.145. The minimum absolute atomic E-state index is 0.173. The van der Waals surface area contributed by atoms with Gasteiger partial charge >= 0.3 is 5.97 Å². The van der Waals surface area contributed by atoms with Gasteiger partial charge in [-0.05, 0) is 30.7 Å². The summed E-state index contributed by atoms with van der Waals surface area (Å²) < 4.78 is 10.6. The molecule has 0 radical (unpaired) electrons. The number of hydrogen-bond donors (Lipinski definition) is 0. The van der Waals surface area contributed by atoms with Crippen molar-refractivity contribution < 1.29 is 14.3 Å². The highest BCUT2D eigenvalue weighted by Crippen LogP contribution is 2.27. The molecule has 23 heavy (non-hydrogen) atoms. The van der Waals surface area contributed by atoms with Crippen molar-refractivity contribution in [2.75, 3.05) is 6.61 Å². The Balaban J connectivity index is 1.65. The minimum Gasteiger partial charge on any atom is -0.492 e. The molecular formula is C16H14Cl3NO3. The van der Waals surface area contributed by atoms with Gasteiger partial charge in [0.05, 0.1) is 11.6 Å². The first-order valence-electron chi connectivity index (χ1n) is 6.88. The standard InChI is InChI=1S/C16H14Cl3NO3/c17-12-4-5-14(13(18)8-12)22-7-1-2-16(21)23-10-11-3-6-15(19)20-9-11/h3-6,8-9H,1-2,7,10H2. The maximum absolute atomic E-state index is 11.6. The third-order valence-corrected chi connectivity index (χ3v) is 3.62. The Morgan fingerprint density at radius 1 is 1.13 bits per heavy atom. The number of carbonyl (C=O) groups excluding carboxylic acids is 1. The number of nitrogens with zero attached hydrogens (tertiary/aromatic N) is 1. The first-order chi connectivity index (χ1) is 11.0. The highest BCUT2D eigenvalue weighted by Gasteiger charge is 2.06. The lowest BCUT2D eigenvalue weighted by atomic mass is 10.3. The van der Waals surface area contributed by atoms with E-state index in [2.05, 4.69) is 4.98 Å². The summed E-state index contributed by atoms with van der Waals surface area (Å²) in [5, 5.41) is 1.39. The summed E-state index contributed by atoms with van der Waals surface area (Å²) in [6.45, 7) is 0.534. The molecule has 0 aliphatic carbocycles. The van der Waals surface area contributed by atoms with Crippen LogP contribution in [0, 0.1) is 0 Å². The molecule has 0 amide bonds. The van der Waals surface area contributed by atoms with E-state index in [1.165, 1.54) is 0 Å². The number of pyridine rings is 1. The molecule has 0 aliphatic rings. The molecule has 0 spiro atoms. The van der Waals surface area contributed by atoms with Gasteiger partial charge in [0.1, 0.15) is 17.5 Å². The molecule has 0 bridgehead atoms. The summed E-state index contributed by atoms with van der Waals surface area (Å²) in [5.41, 5.74) is 0.784. The van der Waals surface area contributed by atoms with E-state index in [1.54, 1.807) is 36.5 Å². The second-order valence-corrected chi connectivity index (χ2v) is 5.91. The van der Waals surface area contributed by atoms with Gasteiger partial charge in [-0.3, -0.25) is 4.79 Å². The third kappa shape index (κ3) is 6.26. The molecule has 0 unspecified atom stereocenters. The second kappa shape index (κ2) is 8.96. The first kappa shape index (κ1) is 17.9. The normalized spacial score (nSPS) is 10.4. The lowest BCUT2D eigenvalue weighted by Crippen LogP contribution is -2.07. The predicted octanol–water partition coefficient (Wildman–Crippen LogP) is 4.94. The minimum atomic E-state index is -0.300. The van der Waals surface area contributed by atoms with Crippen molar-refractivity contribution in [3.8, 4) is 5.75 Å². The number of rotatable bonds is 7. The zero-order valence-corrected chi connectivity index (χ0v) is 14.4. The smallest absolute Gasteiger partial charge is 0.306 e.